The van der Waals surface area contributed by atoms with Gasteiger partial charge in [0.15, 0.2) is 0 Å². The minimum absolute atomic E-state index is 0.337. The van der Waals surface area contributed by atoms with E-state index in [1.807, 2.05) is 32.0 Å². The van der Waals surface area contributed by atoms with Crippen LogP contribution in [0.4, 0.5) is 0 Å². The van der Waals surface area contributed by atoms with Crippen molar-refractivity contribution in [2.45, 2.75) is 13.8 Å². The number of aryl methyl sites for hydroxylation is 2. The summed E-state index contributed by atoms with van der Waals surface area (Å²) in [6.07, 6.45) is 0. The summed E-state index contributed by atoms with van der Waals surface area (Å²) in [5.41, 5.74) is 9.25. The van der Waals surface area contributed by atoms with Crippen LogP contribution in [0, 0.1) is 13.8 Å². The standard InChI is InChI=1S/C12H12ClN3S/c1-7-5-8(2)16(15-7)11-6-9(13)3-4-10(11)12(14)17/h3-6H,1-2H3,(H2,14,17). The first-order valence-electron chi connectivity index (χ1n) is 5.12. The Hall–Kier alpha value is -1.39. The molecule has 0 bridgehead atoms. The zero-order valence-corrected chi connectivity index (χ0v) is 11.1. The third kappa shape index (κ3) is 2.33. The largest absolute Gasteiger partial charge is 0.389 e. The molecule has 17 heavy (non-hydrogen) atoms. The van der Waals surface area contributed by atoms with Gasteiger partial charge in [-0.05, 0) is 38.1 Å². The van der Waals surface area contributed by atoms with Gasteiger partial charge in [0.2, 0.25) is 0 Å². The van der Waals surface area contributed by atoms with E-state index in [9.17, 15) is 0 Å². The monoisotopic (exact) mass is 265 g/mol. The molecule has 0 unspecified atom stereocenters. The molecule has 0 amide bonds. The SMILES string of the molecule is Cc1cc(C)n(-c2cc(Cl)ccc2C(N)=S)n1. The van der Waals surface area contributed by atoms with Gasteiger partial charge >= 0.3 is 0 Å². The highest BCUT2D eigenvalue weighted by Gasteiger charge is 2.11. The second-order valence-electron chi connectivity index (χ2n) is 3.86. The van der Waals surface area contributed by atoms with Crippen molar-refractivity contribution in [1.82, 2.24) is 9.78 Å². The third-order valence-corrected chi connectivity index (χ3v) is 2.92. The van der Waals surface area contributed by atoms with Gasteiger partial charge in [0.05, 0.1) is 11.4 Å². The van der Waals surface area contributed by atoms with Gasteiger partial charge < -0.3 is 5.73 Å². The van der Waals surface area contributed by atoms with Crippen molar-refractivity contribution in [3.63, 3.8) is 0 Å². The molecule has 0 radical (unpaired) electrons. The van der Waals surface area contributed by atoms with Crippen LogP contribution in [0.25, 0.3) is 5.69 Å². The zero-order chi connectivity index (χ0) is 12.6. The molecule has 1 aromatic carbocycles. The number of nitrogens with zero attached hydrogens (tertiary/aromatic N) is 2. The van der Waals surface area contributed by atoms with Gasteiger partial charge in [0, 0.05) is 16.3 Å². The van der Waals surface area contributed by atoms with Gasteiger partial charge in [-0.15, -0.1) is 0 Å². The van der Waals surface area contributed by atoms with Gasteiger partial charge in [0.25, 0.3) is 0 Å². The molecule has 0 atom stereocenters. The average molecular weight is 266 g/mol. The van der Waals surface area contributed by atoms with Gasteiger partial charge in [-0.1, -0.05) is 23.8 Å². The highest BCUT2D eigenvalue weighted by Crippen LogP contribution is 2.21. The second kappa shape index (κ2) is 4.47. The maximum Gasteiger partial charge on any atom is 0.106 e. The molecule has 2 aromatic rings. The molecule has 1 aromatic heterocycles. The van der Waals surface area contributed by atoms with Crippen LogP contribution in [0.1, 0.15) is 17.0 Å². The van der Waals surface area contributed by atoms with Gasteiger partial charge in [-0.3, -0.25) is 0 Å². The Morgan fingerprint density at radius 2 is 2.06 bits per heavy atom. The molecule has 2 N–H and O–H groups in total. The molecule has 1 heterocycles. The Labute approximate surface area is 110 Å². The lowest BCUT2D eigenvalue weighted by molar-refractivity contribution is 0.832. The van der Waals surface area contributed by atoms with Crippen molar-refractivity contribution in [3.05, 3.63) is 46.2 Å². The fourth-order valence-corrected chi connectivity index (χ4v) is 2.10. The minimum atomic E-state index is 0.337. The van der Waals surface area contributed by atoms with E-state index in [-0.39, 0.29) is 0 Å². The molecule has 0 saturated heterocycles. The molecule has 5 heteroatoms. The number of rotatable bonds is 2. The number of aromatic nitrogens is 2. The fourth-order valence-electron chi connectivity index (χ4n) is 1.76. The summed E-state index contributed by atoms with van der Waals surface area (Å²) in [5.74, 6) is 0. The number of hydrogen-bond acceptors (Lipinski definition) is 2. The van der Waals surface area contributed by atoms with E-state index < -0.39 is 0 Å². The smallest absolute Gasteiger partial charge is 0.106 e. The second-order valence-corrected chi connectivity index (χ2v) is 4.74. The van der Waals surface area contributed by atoms with Crippen LogP contribution in [-0.2, 0) is 0 Å². The molecule has 3 nitrogen and oxygen atoms in total. The maximum absolute atomic E-state index is 6.01. The minimum Gasteiger partial charge on any atom is -0.389 e. The number of nitrogens with two attached hydrogens (primary N) is 1. The molecule has 0 aliphatic carbocycles. The van der Waals surface area contributed by atoms with E-state index in [1.54, 1.807) is 10.7 Å². The topological polar surface area (TPSA) is 43.8 Å². The summed E-state index contributed by atoms with van der Waals surface area (Å²) in [5, 5.41) is 5.04. The maximum atomic E-state index is 6.01. The predicted molar refractivity (Wildman–Crippen MR) is 73.9 cm³/mol. The summed E-state index contributed by atoms with van der Waals surface area (Å²) in [6, 6.07) is 7.39. The molecule has 0 fully saturated rings. The van der Waals surface area contributed by atoms with Crippen LogP contribution >= 0.6 is 23.8 Å². The van der Waals surface area contributed by atoms with E-state index in [0.29, 0.717) is 10.0 Å². The zero-order valence-electron chi connectivity index (χ0n) is 9.57. The Bertz CT molecular complexity index is 589. The Morgan fingerprint density at radius 1 is 1.35 bits per heavy atom. The number of thiocarbonyl (C=S) groups is 1. The molecule has 2 rings (SSSR count). The van der Waals surface area contributed by atoms with Crippen molar-refractivity contribution >= 4 is 28.8 Å². The van der Waals surface area contributed by atoms with Crippen molar-refractivity contribution in [1.29, 1.82) is 0 Å². The van der Waals surface area contributed by atoms with Gasteiger partial charge in [-0.25, -0.2) is 4.68 Å². The Balaban J connectivity index is 2.69. The molecule has 0 aliphatic rings. The Kier molecular flexibility index (Phi) is 3.17. The van der Waals surface area contributed by atoms with Gasteiger partial charge in [-0.2, -0.15) is 5.10 Å². The number of hydrogen-bond donors (Lipinski definition) is 1. The quantitative estimate of drug-likeness (QED) is 0.850. The van der Waals surface area contributed by atoms with E-state index in [2.05, 4.69) is 5.10 Å². The first-order chi connectivity index (χ1) is 7.99. The van der Waals surface area contributed by atoms with Crippen molar-refractivity contribution in [3.8, 4) is 5.69 Å². The van der Waals surface area contributed by atoms with E-state index in [1.165, 1.54) is 0 Å². The van der Waals surface area contributed by atoms with E-state index in [0.717, 1.165) is 22.6 Å². The number of halogens is 1. The molecular weight excluding hydrogens is 254 g/mol. The summed E-state index contributed by atoms with van der Waals surface area (Å²) in [6.45, 7) is 3.92. The average Bonchev–Trinajstić information content (AvgIpc) is 2.57. The van der Waals surface area contributed by atoms with E-state index in [4.69, 9.17) is 29.6 Å². The normalized spacial score (nSPS) is 10.5. The first kappa shape index (κ1) is 12.1. The van der Waals surface area contributed by atoms with Crippen molar-refractivity contribution < 1.29 is 0 Å². The molecular formula is C12H12ClN3S. The highest BCUT2D eigenvalue weighted by atomic mass is 35.5. The van der Waals surface area contributed by atoms with E-state index >= 15 is 0 Å². The lowest BCUT2D eigenvalue weighted by atomic mass is 10.1. The van der Waals surface area contributed by atoms with Gasteiger partial charge in [0.1, 0.15) is 4.99 Å². The van der Waals surface area contributed by atoms with Crippen LogP contribution < -0.4 is 5.73 Å². The Morgan fingerprint density at radius 3 is 2.59 bits per heavy atom. The summed E-state index contributed by atoms with van der Waals surface area (Å²) >= 11 is 11.0. The van der Waals surface area contributed by atoms with Crippen LogP contribution in [0.2, 0.25) is 5.02 Å². The molecule has 0 spiro atoms. The molecule has 0 saturated carbocycles. The van der Waals surface area contributed by atoms with Crippen LogP contribution in [0.15, 0.2) is 24.3 Å². The summed E-state index contributed by atoms with van der Waals surface area (Å²) < 4.78 is 1.80. The van der Waals surface area contributed by atoms with Crippen molar-refractivity contribution in [2.24, 2.45) is 5.73 Å². The van der Waals surface area contributed by atoms with Crippen LogP contribution in [0.3, 0.4) is 0 Å². The summed E-state index contributed by atoms with van der Waals surface area (Å²) in [4.78, 5) is 0.337. The van der Waals surface area contributed by atoms with Crippen LogP contribution in [-0.4, -0.2) is 14.8 Å². The molecule has 88 valence electrons. The third-order valence-electron chi connectivity index (χ3n) is 2.46. The predicted octanol–water partition coefficient (Wildman–Crippen LogP) is 2.78. The lowest BCUT2D eigenvalue weighted by Crippen LogP contribution is -2.14. The number of benzene rings is 1. The highest BCUT2D eigenvalue weighted by molar-refractivity contribution is 7.80. The lowest BCUT2D eigenvalue weighted by Gasteiger charge is -2.10. The fraction of sp³-hybridized carbons (Fsp3) is 0.167. The first-order valence-corrected chi connectivity index (χ1v) is 5.90. The summed E-state index contributed by atoms with van der Waals surface area (Å²) in [7, 11) is 0. The molecule has 0 aliphatic heterocycles. The van der Waals surface area contributed by atoms with Crippen LogP contribution in [0.5, 0.6) is 0 Å². The van der Waals surface area contributed by atoms with Crippen molar-refractivity contribution in [2.75, 3.05) is 0 Å².